The Bertz CT molecular complexity index is 781. The number of hydrogen-bond acceptors (Lipinski definition) is 5. The van der Waals surface area contributed by atoms with Gasteiger partial charge in [-0.3, -0.25) is 4.90 Å². The van der Waals surface area contributed by atoms with Crippen LogP contribution in [0.2, 0.25) is 0 Å². The molecular weight excluding hydrogens is 340 g/mol. The number of piperidine rings is 1. The van der Waals surface area contributed by atoms with E-state index in [1.807, 2.05) is 30.3 Å². The summed E-state index contributed by atoms with van der Waals surface area (Å²) in [5, 5.41) is 0. The van der Waals surface area contributed by atoms with Gasteiger partial charge in [0, 0.05) is 39.6 Å². The SMILES string of the molecule is CN(C)S(=O)(=O)n1ccnc1CN1CCC(Oc2ccccc2)CC1. The smallest absolute Gasteiger partial charge is 0.308 e. The third kappa shape index (κ3) is 4.20. The van der Waals surface area contributed by atoms with Crippen LogP contribution in [0.1, 0.15) is 18.7 Å². The zero-order valence-electron chi connectivity index (χ0n) is 14.6. The van der Waals surface area contributed by atoms with E-state index in [4.69, 9.17) is 4.74 Å². The summed E-state index contributed by atoms with van der Waals surface area (Å²) >= 11 is 0. The summed E-state index contributed by atoms with van der Waals surface area (Å²) in [4.78, 5) is 6.45. The van der Waals surface area contributed by atoms with E-state index in [9.17, 15) is 8.42 Å². The van der Waals surface area contributed by atoms with Crippen molar-refractivity contribution in [3.8, 4) is 5.75 Å². The van der Waals surface area contributed by atoms with Gasteiger partial charge in [-0.1, -0.05) is 18.2 Å². The zero-order chi connectivity index (χ0) is 17.9. The van der Waals surface area contributed by atoms with Gasteiger partial charge in [0.25, 0.3) is 0 Å². The Labute approximate surface area is 149 Å². The van der Waals surface area contributed by atoms with Crippen LogP contribution in [0.3, 0.4) is 0 Å². The molecule has 8 heteroatoms. The summed E-state index contributed by atoms with van der Waals surface area (Å²) < 4.78 is 33.1. The van der Waals surface area contributed by atoms with E-state index in [1.54, 1.807) is 0 Å². The van der Waals surface area contributed by atoms with Crippen molar-refractivity contribution in [2.24, 2.45) is 0 Å². The van der Waals surface area contributed by atoms with Crippen molar-refractivity contribution in [1.29, 1.82) is 0 Å². The summed E-state index contributed by atoms with van der Waals surface area (Å²) in [7, 11) is -0.492. The number of nitrogens with zero attached hydrogens (tertiary/aromatic N) is 4. The average Bonchev–Trinajstić information content (AvgIpc) is 3.06. The summed E-state index contributed by atoms with van der Waals surface area (Å²) in [6, 6.07) is 9.84. The van der Waals surface area contributed by atoms with Crippen LogP contribution in [0.4, 0.5) is 0 Å². The van der Waals surface area contributed by atoms with Crippen molar-refractivity contribution < 1.29 is 13.2 Å². The first-order valence-corrected chi connectivity index (χ1v) is 9.76. The van der Waals surface area contributed by atoms with Gasteiger partial charge in [0.2, 0.25) is 0 Å². The monoisotopic (exact) mass is 364 g/mol. The molecule has 0 radical (unpaired) electrons. The molecule has 0 aliphatic carbocycles. The Morgan fingerprint density at radius 2 is 1.88 bits per heavy atom. The zero-order valence-corrected chi connectivity index (χ0v) is 15.4. The lowest BCUT2D eigenvalue weighted by Crippen LogP contribution is -2.39. The molecule has 1 fully saturated rings. The third-order valence-corrected chi connectivity index (χ3v) is 6.09. The van der Waals surface area contributed by atoms with Crippen LogP contribution < -0.4 is 4.74 Å². The molecule has 0 spiro atoms. The van der Waals surface area contributed by atoms with Gasteiger partial charge < -0.3 is 4.74 Å². The first-order valence-electron chi connectivity index (χ1n) is 8.36. The fraction of sp³-hybridized carbons (Fsp3) is 0.471. The second-order valence-electron chi connectivity index (χ2n) is 6.34. The number of aromatic nitrogens is 2. The van der Waals surface area contributed by atoms with Crippen LogP contribution >= 0.6 is 0 Å². The molecule has 2 heterocycles. The molecule has 0 bridgehead atoms. The first-order chi connectivity index (χ1) is 12.0. The predicted octanol–water partition coefficient (Wildman–Crippen LogP) is 1.58. The van der Waals surface area contributed by atoms with E-state index in [0.29, 0.717) is 12.4 Å². The van der Waals surface area contributed by atoms with Crippen LogP contribution in [-0.2, 0) is 16.8 Å². The highest BCUT2D eigenvalue weighted by Crippen LogP contribution is 2.20. The van der Waals surface area contributed by atoms with E-state index in [-0.39, 0.29) is 6.10 Å². The quantitative estimate of drug-likeness (QED) is 0.779. The van der Waals surface area contributed by atoms with Gasteiger partial charge in [0.15, 0.2) is 0 Å². The Kier molecular flexibility index (Phi) is 5.41. The number of rotatable bonds is 6. The molecule has 1 aliphatic heterocycles. The van der Waals surface area contributed by atoms with Gasteiger partial charge in [-0.2, -0.15) is 12.7 Å². The van der Waals surface area contributed by atoms with E-state index < -0.39 is 10.2 Å². The van der Waals surface area contributed by atoms with E-state index in [2.05, 4.69) is 9.88 Å². The summed E-state index contributed by atoms with van der Waals surface area (Å²) in [6.45, 7) is 2.22. The molecule has 0 saturated carbocycles. The van der Waals surface area contributed by atoms with Crippen LogP contribution in [0.25, 0.3) is 0 Å². The second-order valence-corrected chi connectivity index (χ2v) is 8.36. The number of likely N-dealkylation sites (tertiary alicyclic amines) is 1. The molecule has 1 saturated heterocycles. The Balaban J connectivity index is 1.58. The summed E-state index contributed by atoms with van der Waals surface area (Å²) in [5.74, 6) is 1.43. The molecule has 3 rings (SSSR count). The number of imidazole rings is 1. The van der Waals surface area contributed by atoms with Crippen molar-refractivity contribution in [2.45, 2.75) is 25.5 Å². The molecule has 25 heavy (non-hydrogen) atoms. The normalized spacial score (nSPS) is 17.1. The lowest BCUT2D eigenvalue weighted by atomic mass is 10.1. The maximum atomic E-state index is 12.3. The van der Waals surface area contributed by atoms with Gasteiger partial charge >= 0.3 is 10.2 Å². The fourth-order valence-electron chi connectivity index (χ4n) is 2.90. The van der Waals surface area contributed by atoms with E-state index in [0.717, 1.165) is 31.7 Å². The number of benzene rings is 1. The molecule has 7 nitrogen and oxygen atoms in total. The van der Waals surface area contributed by atoms with Crippen LogP contribution in [-0.4, -0.2) is 59.9 Å². The van der Waals surface area contributed by atoms with Crippen molar-refractivity contribution in [3.05, 3.63) is 48.5 Å². The number of hydrogen-bond donors (Lipinski definition) is 0. The van der Waals surface area contributed by atoms with Crippen LogP contribution in [0.15, 0.2) is 42.7 Å². The van der Waals surface area contributed by atoms with Crippen molar-refractivity contribution in [3.63, 3.8) is 0 Å². The maximum absolute atomic E-state index is 12.3. The van der Waals surface area contributed by atoms with Crippen LogP contribution in [0, 0.1) is 0 Å². The van der Waals surface area contributed by atoms with Gasteiger partial charge in [0.05, 0.1) is 6.54 Å². The molecule has 0 atom stereocenters. The highest BCUT2D eigenvalue weighted by atomic mass is 32.2. The Morgan fingerprint density at radius 1 is 1.20 bits per heavy atom. The topological polar surface area (TPSA) is 67.7 Å². The molecule has 0 N–H and O–H groups in total. The van der Waals surface area contributed by atoms with Gasteiger partial charge in [0.1, 0.15) is 17.7 Å². The minimum atomic E-state index is -3.53. The molecule has 1 aromatic carbocycles. The first kappa shape index (κ1) is 17.9. The minimum Gasteiger partial charge on any atom is -0.490 e. The minimum absolute atomic E-state index is 0.198. The molecule has 136 valence electrons. The lowest BCUT2D eigenvalue weighted by Gasteiger charge is -2.32. The molecule has 0 amide bonds. The lowest BCUT2D eigenvalue weighted by molar-refractivity contribution is 0.0952. The average molecular weight is 364 g/mol. The molecule has 1 aromatic heterocycles. The number of ether oxygens (including phenoxy) is 1. The second kappa shape index (κ2) is 7.55. The van der Waals surface area contributed by atoms with Crippen molar-refractivity contribution >= 4 is 10.2 Å². The predicted molar refractivity (Wildman–Crippen MR) is 95.6 cm³/mol. The van der Waals surface area contributed by atoms with Gasteiger partial charge in [-0.05, 0) is 25.0 Å². The summed E-state index contributed by atoms with van der Waals surface area (Å²) in [6.07, 6.45) is 5.05. The fourth-order valence-corrected chi connectivity index (χ4v) is 3.83. The molecule has 2 aromatic rings. The van der Waals surface area contributed by atoms with Crippen molar-refractivity contribution in [1.82, 2.24) is 18.2 Å². The maximum Gasteiger partial charge on any atom is 0.308 e. The number of para-hydroxylation sites is 1. The largest absolute Gasteiger partial charge is 0.490 e. The van der Waals surface area contributed by atoms with Crippen LogP contribution in [0.5, 0.6) is 5.75 Å². The van der Waals surface area contributed by atoms with E-state index >= 15 is 0 Å². The van der Waals surface area contributed by atoms with Gasteiger partial charge in [-0.25, -0.2) is 8.96 Å². The highest BCUT2D eigenvalue weighted by molar-refractivity contribution is 7.87. The molecule has 0 unspecified atom stereocenters. The third-order valence-electron chi connectivity index (χ3n) is 4.34. The van der Waals surface area contributed by atoms with Gasteiger partial charge in [-0.15, -0.1) is 0 Å². The van der Waals surface area contributed by atoms with Crippen molar-refractivity contribution in [2.75, 3.05) is 27.2 Å². The summed E-state index contributed by atoms with van der Waals surface area (Å²) in [5.41, 5.74) is 0. The Morgan fingerprint density at radius 3 is 2.52 bits per heavy atom. The standard InChI is InChI=1S/C17H24N4O3S/c1-19(2)25(22,23)21-13-10-18-17(21)14-20-11-8-16(9-12-20)24-15-6-4-3-5-7-15/h3-7,10,13,16H,8-9,11-12,14H2,1-2H3. The highest BCUT2D eigenvalue weighted by Gasteiger charge is 2.24. The van der Waals surface area contributed by atoms with E-state index in [1.165, 1.54) is 34.8 Å². The molecular formula is C17H24N4O3S. The molecule has 1 aliphatic rings. The Hall–Kier alpha value is -1.90.